The third kappa shape index (κ3) is 3.59. The first-order valence-corrected chi connectivity index (χ1v) is 11.0. The number of ether oxygens (including phenoxy) is 1. The quantitative estimate of drug-likeness (QED) is 0.387. The standard InChI is InChI=1S/C26H22N4O4/c1-3-30-21-11-7-6-8-17(21)20-14-16(12-13-22(20)30)27-24(31)15(2)34-26(33)23-18-9-4-5-10-19(18)25(32)29-28-23/h4-15H,3H2,1-2H3,(H,27,31)(H,29,32)/t15-/m0/s1. The number of carbonyl (C=O) groups is 2. The van der Waals surface area contributed by atoms with Gasteiger partial charge in [-0.15, -0.1) is 0 Å². The molecule has 5 rings (SSSR count). The van der Waals surface area contributed by atoms with Crippen molar-refractivity contribution in [2.24, 2.45) is 0 Å². The second-order valence-electron chi connectivity index (χ2n) is 7.98. The zero-order valence-corrected chi connectivity index (χ0v) is 18.7. The van der Waals surface area contributed by atoms with Crippen LogP contribution in [0.5, 0.6) is 0 Å². The summed E-state index contributed by atoms with van der Waals surface area (Å²) < 4.78 is 7.58. The number of nitrogens with one attached hydrogen (secondary N) is 2. The normalized spacial score (nSPS) is 12.2. The third-order valence-corrected chi connectivity index (χ3v) is 5.90. The van der Waals surface area contributed by atoms with E-state index in [0.717, 1.165) is 28.4 Å². The van der Waals surface area contributed by atoms with Gasteiger partial charge in [-0.25, -0.2) is 9.89 Å². The van der Waals surface area contributed by atoms with Crippen LogP contribution in [-0.4, -0.2) is 32.7 Å². The van der Waals surface area contributed by atoms with Crippen LogP contribution in [0.25, 0.3) is 32.6 Å². The first-order chi connectivity index (χ1) is 16.5. The lowest BCUT2D eigenvalue weighted by atomic mass is 10.1. The van der Waals surface area contributed by atoms with Gasteiger partial charge in [0.1, 0.15) is 0 Å². The van der Waals surface area contributed by atoms with Crippen molar-refractivity contribution in [3.8, 4) is 0 Å². The fourth-order valence-corrected chi connectivity index (χ4v) is 4.26. The Morgan fingerprint density at radius 3 is 2.41 bits per heavy atom. The lowest BCUT2D eigenvalue weighted by Crippen LogP contribution is -2.30. The van der Waals surface area contributed by atoms with Crippen LogP contribution in [0.1, 0.15) is 24.3 Å². The predicted molar refractivity (Wildman–Crippen MR) is 131 cm³/mol. The molecule has 0 saturated heterocycles. The van der Waals surface area contributed by atoms with Crippen LogP contribution in [0, 0.1) is 0 Å². The molecule has 0 aliphatic carbocycles. The molecule has 0 aliphatic rings. The molecule has 1 atom stereocenters. The Kier molecular flexibility index (Phi) is 5.33. The van der Waals surface area contributed by atoms with Crippen LogP contribution < -0.4 is 10.9 Å². The molecule has 1 amide bonds. The molecule has 170 valence electrons. The maximum Gasteiger partial charge on any atom is 0.360 e. The summed E-state index contributed by atoms with van der Waals surface area (Å²) in [5.74, 6) is -1.27. The van der Waals surface area contributed by atoms with Gasteiger partial charge in [-0.2, -0.15) is 5.10 Å². The highest BCUT2D eigenvalue weighted by Crippen LogP contribution is 2.31. The lowest BCUT2D eigenvalue weighted by Gasteiger charge is -2.14. The monoisotopic (exact) mass is 454 g/mol. The molecule has 2 heterocycles. The number of fused-ring (bicyclic) bond motifs is 4. The number of aromatic nitrogens is 3. The summed E-state index contributed by atoms with van der Waals surface area (Å²) in [5.41, 5.74) is 2.36. The molecular weight excluding hydrogens is 432 g/mol. The number of amides is 1. The van der Waals surface area contributed by atoms with E-state index in [4.69, 9.17) is 4.74 Å². The number of nitrogens with zero attached hydrogens (tertiary/aromatic N) is 2. The molecule has 0 fully saturated rings. The van der Waals surface area contributed by atoms with Crippen LogP contribution in [0.4, 0.5) is 5.69 Å². The van der Waals surface area contributed by atoms with Gasteiger partial charge >= 0.3 is 5.97 Å². The maximum atomic E-state index is 12.8. The zero-order chi connectivity index (χ0) is 23.8. The molecule has 34 heavy (non-hydrogen) atoms. The van der Waals surface area contributed by atoms with Crippen molar-refractivity contribution in [2.75, 3.05) is 5.32 Å². The number of benzene rings is 3. The lowest BCUT2D eigenvalue weighted by molar-refractivity contribution is -0.123. The number of anilines is 1. The second-order valence-corrected chi connectivity index (χ2v) is 7.98. The Balaban J connectivity index is 1.37. The molecule has 3 aromatic carbocycles. The van der Waals surface area contributed by atoms with E-state index in [2.05, 4.69) is 39.1 Å². The van der Waals surface area contributed by atoms with Gasteiger partial charge in [0.25, 0.3) is 11.5 Å². The number of esters is 1. The Bertz CT molecular complexity index is 1630. The van der Waals surface area contributed by atoms with Crippen LogP contribution in [-0.2, 0) is 16.1 Å². The van der Waals surface area contributed by atoms with Gasteiger partial charge < -0.3 is 14.6 Å². The van der Waals surface area contributed by atoms with Gasteiger partial charge in [-0.05, 0) is 44.2 Å². The largest absolute Gasteiger partial charge is 0.448 e. The van der Waals surface area contributed by atoms with Crippen LogP contribution in [0.3, 0.4) is 0 Å². The second kappa shape index (κ2) is 8.47. The van der Waals surface area contributed by atoms with E-state index < -0.39 is 23.5 Å². The molecule has 8 heteroatoms. The average molecular weight is 454 g/mol. The zero-order valence-electron chi connectivity index (χ0n) is 18.7. The topological polar surface area (TPSA) is 106 Å². The molecule has 0 spiro atoms. The van der Waals surface area contributed by atoms with E-state index in [9.17, 15) is 14.4 Å². The van der Waals surface area contributed by atoms with Gasteiger partial charge in [0.15, 0.2) is 11.8 Å². The number of aromatic amines is 1. The van der Waals surface area contributed by atoms with Crippen molar-refractivity contribution in [3.05, 3.63) is 82.8 Å². The van der Waals surface area contributed by atoms with Crippen molar-refractivity contribution in [1.82, 2.24) is 14.8 Å². The molecule has 0 radical (unpaired) electrons. The van der Waals surface area contributed by atoms with E-state index in [-0.39, 0.29) is 5.69 Å². The molecule has 0 aliphatic heterocycles. The van der Waals surface area contributed by atoms with Gasteiger partial charge in [-0.1, -0.05) is 36.4 Å². The molecule has 2 aromatic heterocycles. The summed E-state index contributed by atoms with van der Waals surface area (Å²) in [5, 5.41) is 11.8. The Morgan fingerprint density at radius 1 is 0.971 bits per heavy atom. The highest BCUT2D eigenvalue weighted by atomic mass is 16.5. The van der Waals surface area contributed by atoms with Crippen molar-refractivity contribution >= 4 is 50.1 Å². The first kappa shape index (κ1) is 21.4. The van der Waals surface area contributed by atoms with E-state index >= 15 is 0 Å². The summed E-state index contributed by atoms with van der Waals surface area (Å²) in [4.78, 5) is 37.4. The minimum absolute atomic E-state index is 0.0522. The Labute approximate surface area is 194 Å². The minimum atomic E-state index is -1.08. The number of rotatable bonds is 5. The Hall–Kier alpha value is -4.46. The predicted octanol–water partition coefficient (Wildman–Crippen LogP) is 4.23. The van der Waals surface area contributed by atoms with Crippen molar-refractivity contribution in [3.63, 3.8) is 0 Å². The highest BCUT2D eigenvalue weighted by molar-refractivity contribution is 6.10. The van der Waals surface area contributed by atoms with Crippen LogP contribution in [0.2, 0.25) is 0 Å². The van der Waals surface area contributed by atoms with E-state index in [1.165, 1.54) is 6.92 Å². The number of para-hydroxylation sites is 1. The highest BCUT2D eigenvalue weighted by Gasteiger charge is 2.22. The van der Waals surface area contributed by atoms with Gasteiger partial charge in [0, 0.05) is 39.4 Å². The maximum absolute atomic E-state index is 12.8. The SMILES string of the molecule is CCn1c2ccccc2c2cc(NC(=O)[C@H](C)OC(=O)c3n[nH]c(=O)c4ccccc34)ccc21. The number of carbonyl (C=O) groups excluding carboxylic acids is 2. The van der Waals surface area contributed by atoms with Crippen molar-refractivity contribution < 1.29 is 14.3 Å². The molecule has 8 nitrogen and oxygen atoms in total. The molecule has 0 unspecified atom stereocenters. The fraction of sp³-hybridized carbons (Fsp3) is 0.154. The van der Waals surface area contributed by atoms with E-state index in [0.29, 0.717) is 16.5 Å². The third-order valence-electron chi connectivity index (χ3n) is 5.90. The van der Waals surface area contributed by atoms with E-state index in [1.807, 2.05) is 30.3 Å². The molecule has 5 aromatic rings. The van der Waals surface area contributed by atoms with Crippen molar-refractivity contribution in [1.29, 1.82) is 0 Å². The molecular formula is C26H22N4O4. The van der Waals surface area contributed by atoms with Crippen LogP contribution >= 0.6 is 0 Å². The number of aryl methyl sites for hydroxylation is 1. The van der Waals surface area contributed by atoms with Gasteiger partial charge in [0.2, 0.25) is 0 Å². The summed E-state index contributed by atoms with van der Waals surface area (Å²) in [7, 11) is 0. The molecule has 0 saturated carbocycles. The smallest absolute Gasteiger partial charge is 0.360 e. The minimum Gasteiger partial charge on any atom is -0.448 e. The van der Waals surface area contributed by atoms with Gasteiger partial charge in [0.05, 0.1) is 5.39 Å². The summed E-state index contributed by atoms with van der Waals surface area (Å²) >= 11 is 0. The van der Waals surface area contributed by atoms with Crippen LogP contribution in [0.15, 0.2) is 71.5 Å². The number of H-pyrrole nitrogens is 1. The summed E-state index contributed by atoms with van der Waals surface area (Å²) in [6, 6.07) is 20.4. The molecule has 0 bridgehead atoms. The first-order valence-electron chi connectivity index (χ1n) is 11.0. The molecule has 2 N–H and O–H groups in total. The summed E-state index contributed by atoms with van der Waals surface area (Å²) in [6.07, 6.45) is -1.08. The average Bonchev–Trinajstić information content (AvgIpc) is 3.17. The number of hydrogen-bond donors (Lipinski definition) is 2. The number of hydrogen-bond acceptors (Lipinski definition) is 5. The Morgan fingerprint density at radius 2 is 1.65 bits per heavy atom. The van der Waals surface area contributed by atoms with Gasteiger partial charge in [-0.3, -0.25) is 9.59 Å². The van der Waals surface area contributed by atoms with Crippen molar-refractivity contribution in [2.45, 2.75) is 26.5 Å². The summed E-state index contributed by atoms with van der Waals surface area (Å²) in [6.45, 7) is 4.41. The van der Waals surface area contributed by atoms with E-state index in [1.54, 1.807) is 24.3 Å². The fourth-order valence-electron chi connectivity index (χ4n) is 4.26.